The van der Waals surface area contributed by atoms with E-state index in [-0.39, 0.29) is 13.2 Å². The molecule has 0 unspecified atom stereocenters. The van der Waals surface area contributed by atoms with E-state index in [2.05, 4.69) is 0 Å². The fourth-order valence-electron chi connectivity index (χ4n) is 1.82. The quantitative estimate of drug-likeness (QED) is 0.435. The van der Waals surface area contributed by atoms with E-state index in [4.69, 9.17) is 14.2 Å². The van der Waals surface area contributed by atoms with E-state index in [9.17, 15) is 9.59 Å². The molecule has 21 heavy (non-hydrogen) atoms. The molecule has 116 valence electrons. The molecule has 0 bridgehead atoms. The summed E-state index contributed by atoms with van der Waals surface area (Å²) in [5.41, 5.74) is 0.746. The highest BCUT2D eigenvalue weighted by atomic mass is 16.6. The van der Waals surface area contributed by atoms with Crippen LogP contribution in [0.4, 0.5) is 0 Å². The van der Waals surface area contributed by atoms with Crippen molar-refractivity contribution in [1.29, 1.82) is 0 Å². The molecule has 0 spiro atoms. The molecule has 0 radical (unpaired) electrons. The van der Waals surface area contributed by atoms with Crippen molar-refractivity contribution >= 4 is 17.7 Å². The maximum atomic E-state index is 11.9. The number of nitrogens with zero attached hydrogens (tertiary/aromatic N) is 1. The van der Waals surface area contributed by atoms with Gasteiger partial charge in [-0.15, -0.1) is 0 Å². The van der Waals surface area contributed by atoms with Crippen LogP contribution >= 0.6 is 0 Å². The number of aryl methyl sites for hydroxylation is 1. The molecule has 1 rings (SSSR count). The summed E-state index contributed by atoms with van der Waals surface area (Å²) in [5, 5.41) is 0. The summed E-state index contributed by atoms with van der Waals surface area (Å²) < 4.78 is 16.9. The van der Waals surface area contributed by atoms with Crippen molar-refractivity contribution in [3.63, 3.8) is 0 Å². The zero-order valence-corrected chi connectivity index (χ0v) is 12.8. The SMILES string of the molecule is CCOC(=O)C(/C=C(\OC)c1cccn1C)C(=O)OCC. The molecular formula is C15H21NO5. The molecule has 0 aliphatic carbocycles. The molecular weight excluding hydrogens is 274 g/mol. The van der Waals surface area contributed by atoms with Gasteiger partial charge in [0, 0.05) is 13.2 Å². The van der Waals surface area contributed by atoms with Crippen LogP contribution in [0.3, 0.4) is 0 Å². The standard InChI is InChI=1S/C15H21NO5/c1-5-20-14(17)11(15(18)21-6-2)10-13(19-4)12-8-7-9-16(12)3/h7-11H,5-6H2,1-4H3/b13-10-. The van der Waals surface area contributed by atoms with Crippen molar-refractivity contribution in [3.8, 4) is 0 Å². The minimum Gasteiger partial charge on any atom is -0.495 e. The summed E-state index contributed by atoms with van der Waals surface area (Å²) in [5.74, 6) is -2.04. The molecule has 6 nitrogen and oxygen atoms in total. The van der Waals surface area contributed by atoms with Gasteiger partial charge in [0.1, 0.15) is 5.76 Å². The molecule has 0 aliphatic heterocycles. The van der Waals surface area contributed by atoms with E-state index in [1.54, 1.807) is 13.8 Å². The molecule has 0 aromatic carbocycles. The summed E-state index contributed by atoms with van der Waals surface area (Å²) in [7, 11) is 3.32. The van der Waals surface area contributed by atoms with Crippen molar-refractivity contribution in [2.24, 2.45) is 13.0 Å². The number of carbonyl (C=O) groups excluding carboxylic acids is 2. The van der Waals surface area contributed by atoms with Gasteiger partial charge in [-0.25, -0.2) is 0 Å². The van der Waals surface area contributed by atoms with Crippen molar-refractivity contribution in [2.45, 2.75) is 13.8 Å². The number of methoxy groups -OCH3 is 1. The predicted octanol–water partition coefficient (Wildman–Crippen LogP) is 1.75. The Labute approximate surface area is 124 Å². The Bertz CT molecular complexity index is 500. The van der Waals surface area contributed by atoms with E-state index in [0.29, 0.717) is 5.76 Å². The highest BCUT2D eigenvalue weighted by molar-refractivity contribution is 5.98. The van der Waals surface area contributed by atoms with Crippen molar-refractivity contribution in [3.05, 3.63) is 30.1 Å². The van der Waals surface area contributed by atoms with Crippen LogP contribution < -0.4 is 0 Å². The average molecular weight is 295 g/mol. The first kappa shape index (κ1) is 16.8. The number of hydrogen-bond acceptors (Lipinski definition) is 5. The molecule has 0 aliphatic rings. The molecule has 0 atom stereocenters. The zero-order chi connectivity index (χ0) is 15.8. The van der Waals surface area contributed by atoms with Gasteiger partial charge >= 0.3 is 11.9 Å². The Morgan fingerprint density at radius 1 is 1.24 bits per heavy atom. The van der Waals surface area contributed by atoms with Crippen LogP contribution in [0.15, 0.2) is 24.4 Å². The van der Waals surface area contributed by atoms with E-state index < -0.39 is 17.9 Å². The summed E-state index contributed by atoms with van der Waals surface area (Å²) >= 11 is 0. The molecule has 0 saturated heterocycles. The lowest BCUT2D eigenvalue weighted by molar-refractivity contribution is -0.158. The van der Waals surface area contributed by atoms with Crippen LogP contribution in [0.25, 0.3) is 5.76 Å². The van der Waals surface area contributed by atoms with Crippen molar-refractivity contribution in [2.75, 3.05) is 20.3 Å². The molecule has 0 saturated carbocycles. The minimum atomic E-state index is -1.14. The molecule has 0 N–H and O–H groups in total. The smallest absolute Gasteiger partial charge is 0.324 e. The highest BCUT2D eigenvalue weighted by Crippen LogP contribution is 2.19. The van der Waals surface area contributed by atoms with Gasteiger partial charge in [-0.2, -0.15) is 0 Å². The number of ether oxygens (including phenoxy) is 3. The number of esters is 2. The molecule has 0 fully saturated rings. The van der Waals surface area contributed by atoms with Crippen LogP contribution in [0.2, 0.25) is 0 Å². The van der Waals surface area contributed by atoms with Gasteiger partial charge < -0.3 is 18.8 Å². The minimum absolute atomic E-state index is 0.190. The first-order valence-corrected chi connectivity index (χ1v) is 6.75. The van der Waals surface area contributed by atoms with Gasteiger partial charge in [-0.05, 0) is 32.1 Å². The lowest BCUT2D eigenvalue weighted by atomic mass is 10.1. The van der Waals surface area contributed by atoms with Crippen LogP contribution in [0, 0.1) is 5.92 Å². The van der Waals surface area contributed by atoms with Crippen LogP contribution in [0.1, 0.15) is 19.5 Å². The Balaban J connectivity index is 3.12. The summed E-state index contributed by atoms with van der Waals surface area (Å²) in [6.45, 7) is 3.74. The number of aromatic nitrogens is 1. The summed E-state index contributed by atoms with van der Waals surface area (Å²) in [6, 6.07) is 3.66. The maximum Gasteiger partial charge on any atom is 0.324 e. The topological polar surface area (TPSA) is 66.8 Å². The third kappa shape index (κ3) is 4.37. The third-order valence-corrected chi connectivity index (χ3v) is 2.82. The monoisotopic (exact) mass is 295 g/mol. The normalized spacial score (nSPS) is 11.4. The molecule has 0 amide bonds. The predicted molar refractivity (Wildman–Crippen MR) is 77.2 cm³/mol. The lowest BCUT2D eigenvalue weighted by Gasteiger charge is -2.13. The molecule has 1 aromatic heterocycles. The van der Waals surface area contributed by atoms with E-state index in [0.717, 1.165) is 5.69 Å². The Morgan fingerprint density at radius 2 is 1.81 bits per heavy atom. The van der Waals surface area contributed by atoms with Crippen molar-refractivity contribution < 1.29 is 23.8 Å². The van der Waals surface area contributed by atoms with Gasteiger partial charge in [0.15, 0.2) is 5.92 Å². The van der Waals surface area contributed by atoms with Crippen LogP contribution in [0.5, 0.6) is 0 Å². The second-order valence-corrected chi connectivity index (χ2v) is 4.22. The van der Waals surface area contributed by atoms with Gasteiger partial charge in [0.25, 0.3) is 0 Å². The second kappa shape index (κ2) is 8.14. The lowest BCUT2D eigenvalue weighted by Crippen LogP contribution is -2.27. The largest absolute Gasteiger partial charge is 0.495 e. The first-order valence-electron chi connectivity index (χ1n) is 6.75. The molecule has 6 heteroatoms. The number of hydrogen-bond donors (Lipinski definition) is 0. The Hall–Kier alpha value is -2.24. The van der Waals surface area contributed by atoms with Gasteiger partial charge in [0.05, 0.1) is 26.0 Å². The van der Waals surface area contributed by atoms with Gasteiger partial charge in [-0.3, -0.25) is 9.59 Å². The number of rotatable bonds is 7. The fourth-order valence-corrected chi connectivity index (χ4v) is 1.82. The van der Waals surface area contributed by atoms with Crippen molar-refractivity contribution in [1.82, 2.24) is 4.57 Å². The Morgan fingerprint density at radius 3 is 2.19 bits per heavy atom. The van der Waals surface area contributed by atoms with Crippen LogP contribution in [-0.2, 0) is 30.8 Å². The fraction of sp³-hybridized carbons (Fsp3) is 0.467. The molecule has 1 aromatic rings. The summed E-state index contributed by atoms with van der Waals surface area (Å²) in [4.78, 5) is 23.9. The number of carbonyl (C=O) groups is 2. The first-order chi connectivity index (χ1) is 10.0. The van der Waals surface area contributed by atoms with E-state index in [1.807, 2.05) is 29.9 Å². The molecule has 1 heterocycles. The van der Waals surface area contributed by atoms with E-state index >= 15 is 0 Å². The average Bonchev–Trinajstić information content (AvgIpc) is 2.86. The summed E-state index contributed by atoms with van der Waals surface area (Å²) in [6.07, 6.45) is 3.26. The highest BCUT2D eigenvalue weighted by Gasteiger charge is 2.29. The third-order valence-electron chi connectivity index (χ3n) is 2.82. The second-order valence-electron chi connectivity index (χ2n) is 4.22. The van der Waals surface area contributed by atoms with E-state index in [1.165, 1.54) is 13.2 Å². The van der Waals surface area contributed by atoms with Gasteiger partial charge in [-0.1, -0.05) is 0 Å². The maximum absolute atomic E-state index is 11.9. The zero-order valence-electron chi connectivity index (χ0n) is 12.8. The Kier molecular flexibility index (Phi) is 6.52. The van der Waals surface area contributed by atoms with Crippen LogP contribution in [-0.4, -0.2) is 36.8 Å². The van der Waals surface area contributed by atoms with Gasteiger partial charge in [0.2, 0.25) is 0 Å².